The summed E-state index contributed by atoms with van der Waals surface area (Å²) < 4.78 is 0. The fourth-order valence-electron chi connectivity index (χ4n) is 1.80. The van der Waals surface area contributed by atoms with Gasteiger partial charge in [0.2, 0.25) is 0 Å². The second-order valence-corrected chi connectivity index (χ2v) is 4.99. The predicted molar refractivity (Wildman–Crippen MR) is 81.0 cm³/mol. The molecule has 1 aromatic carbocycles. The van der Waals surface area contributed by atoms with Crippen LogP contribution in [-0.2, 0) is 21.7 Å². The van der Waals surface area contributed by atoms with E-state index in [1.54, 1.807) is 0 Å². The molecule has 22 heavy (non-hydrogen) atoms. The van der Waals surface area contributed by atoms with Crippen molar-refractivity contribution in [2.24, 2.45) is 0 Å². The Balaban J connectivity index is 0. The summed E-state index contributed by atoms with van der Waals surface area (Å²) in [6, 6.07) is 8.33. The summed E-state index contributed by atoms with van der Waals surface area (Å²) in [4.78, 5) is 2.87. The van der Waals surface area contributed by atoms with Crippen molar-refractivity contribution in [1.29, 1.82) is 0 Å². The van der Waals surface area contributed by atoms with Gasteiger partial charge in [0.15, 0.2) is 0 Å². The smallest absolute Gasteiger partial charge is 1.00 e. The Kier molecular flexibility index (Phi) is 11.7. The largest absolute Gasteiger partial charge is 4.00 e. The minimum absolute atomic E-state index is 0. The standard InChI is InChI=1S/C12H11.C6H8N.2ClH.Ti/c1-9(2)12-7-10-5-3-4-6-11(10)8-12;1-5-3-7-4-6(5)2;;;/h3-7H,1-2H3;3,7H,1-2H3;2*1H;/q2*-1;;;+4/p-2. The summed E-state index contributed by atoms with van der Waals surface area (Å²) in [5.74, 6) is 0. The molecule has 0 spiro atoms. The van der Waals surface area contributed by atoms with Gasteiger partial charge in [-0.05, 0) is 0 Å². The van der Waals surface area contributed by atoms with Crippen LogP contribution >= 0.6 is 0 Å². The fraction of sp³-hybridized carbons (Fsp3) is 0.222. The van der Waals surface area contributed by atoms with Crippen molar-refractivity contribution in [3.05, 3.63) is 69.4 Å². The maximum Gasteiger partial charge on any atom is 4.00 e. The van der Waals surface area contributed by atoms with Crippen molar-refractivity contribution in [1.82, 2.24) is 4.98 Å². The van der Waals surface area contributed by atoms with Gasteiger partial charge in [0.25, 0.3) is 0 Å². The molecule has 1 nitrogen and oxygen atoms in total. The zero-order chi connectivity index (χ0) is 13.8. The molecule has 0 saturated carbocycles. The third kappa shape index (κ3) is 6.18. The molecule has 1 heterocycles. The van der Waals surface area contributed by atoms with E-state index in [9.17, 15) is 0 Å². The van der Waals surface area contributed by atoms with Crippen LogP contribution in [0, 0.1) is 20.0 Å². The average Bonchev–Trinajstić information content (AvgIpc) is 2.97. The molecule has 114 valence electrons. The van der Waals surface area contributed by atoms with E-state index >= 15 is 0 Å². The van der Waals surface area contributed by atoms with Gasteiger partial charge in [0.05, 0.1) is 0 Å². The molecular formula is C18H19Cl2NTi. The van der Waals surface area contributed by atoms with E-state index in [1.807, 2.05) is 19.2 Å². The van der Waals surface area contributed by atoms with Crippen LogP contribution in [0.3, 0.4) is 0 Å². The van der Waals surface area contributed by atoms with Crippen LogP contribution in [0.4, 0.5) is 0 Å². The number of aryl methyl sites for hydroxylation is 2. The summed E-state index contributed by atoms with van der Waals surface area (Å²) in [5.41, 5.74) is 5.04. The number of hydrogen-bond acceptors (Lipinski definition) is 0. The minimum Gasteiger partial charge on any atom is -1.00 e. The van der Waals surface area contributed by atoms with Crippen molar-refractivity contribution >= 4 is 12.2 Å². The first-order valence-electron chi connectivity index (χ1n) is 6.48. The molecule has 1 aromatic heterocycles. The molecule has 0 radical (unpaired) electrons. The number of aromatic nitrogens is 1. The van der Waals surface area contributed by atoms with Gasteiger partial charge in [-0.25, -0.2) is 0 Å². The first kappa shape index (κ1) is 23.5. The number of halogens is 2. The number of nitrogens with one attached hydrogen (secondary N) is 1. The molecule has 0 amide bonds. The number of benzene rings is 1. The molecule has 1 N–H and O–H groups in total. The van der Waals surface area contributed by atoms with Crippen molar-refractivity contribution in [3.63, 3.8) is 0 Å². The van der Waals surface area contributed by atoms with Crippen LogP contribution in [0.2, 0.25) is 0 Å². The van der Waals surface area contributed by atoms with Crippen molar-refractivity contribution in [2.75, 3.05) is 0 Å². The molecule has 0 atom stereocenters. The molecule has 0 bridgehead atoms. The van der Waals surface area contributed by atoms with Gasteiger partial charge >= 0.3 is 21.7 Å². The van der Waals surface area contributed by atoms with Crippen LogP contribution < -0.4 is 35.3 Å². The Hall–Kier alpha value is -0.726. The summed E-state index contributed by atoms with van der Waals surface area (Å²) in [5, 5.41) is 2.50. The third-order valence-corrected chi connectivity index (χ3v) is 3.21. The second kappa shape index (κ2) is 10.9. The van der Waals surface area contributed by atoms with E-state index < -0.39 is 0 Å². The summed E-state index contributed by atoms with van der Waals surface area (Å²) in [6.45, 7) is 8.32. The Morgan fingerprint density at radius 3 is 2.09 bits per heavy atom. The van der Waals surface area contributed by atoms with Crippen LogP contribution in [-0.4, -0.2) is 4.98 Å². The summed E-state index contributed by atoms with van der Waals surface area (Å²) >= 11 is 0. The second-order valence-electron chi connectivity index (χ2n) is 4.99. The van der Waals surface area contributed by atoms with Gasteiger partial charge in [0.1, 0.15) is 0 Å². The van der Waals surface area contributed by atoms with Crippen LogP contribution in [0.1, 0.15) is 25.0 Å². The van der Waals surface area contributed by atoms with Gasteiger partial charge in [-0.15, -0.1) is 52.2 Å². The first-order chi connectivity index (χ1) is 9.08. The number of aromatic amines is 1. The molecular weight excluding hydrogens is 349 g/mol. The van der Waals surface area contributed by atoms with E-state index in [4.69, 9.17) is 0 Å². The molecule has 0 unspecified atom stereocenters. The van der Waals surface area contributed by atoms with Crippen LogP contribution in [0.15, 0.2) is 41.6 Å². The topological polar surface area (TPSA) is 15.8 Å². The molecule has 0 fully saturated rings. The molecule has 1 aliphatic carbocycles. The average molecular weight is 368 g/mol. The summed E-state index contributed by atoms with van der Waals surface area (Å²) in [7, 11) is 0. The molecule has 4 heteroatoms. The zero-order valence-electron chi connectivity index (χ0n) is 13.2. The third-order valence-electron chi connectivity index (χ3n) is 3.21. The van der Waals surface area contributed by atoms with Crippen molar-refractivity contribution in [2.45, 2.75) is 27.7 Å². The number of hydrogen-bond donors (Lipinski definition) is 1. The Morgan fingerprint density at radius 1 is 1.05 bits per heavy atom. The Morgan fingerprint density at radius 2 is 1.68 bits per heavy atom. The molecule has 3 rings (SSSR count). The first-order valence-corrected chi connectivity index (χ1v) is 6.48. The van der Waals surface area contributed by atoms with Gasteiger partial charge in [0, 0.05) is 0 Å². The van der Waals surface area contributed by atoms with E-state index in [0.29, 0.717) is 0 Å². The van der Waals surface area contributed by atoms with E-state index in [-0.39, 0.29) is 46.5 Å². The van der Waals surface area contributed by atoms with Gasteiger partial charge in [-0.2, -0.15) is 11.1 Å². The van der Waals surface area contributed by atoms with E-state index in [0.717, 1.165) is 0 Å². The SMILES string of the molecule is CC(C)=C1[C-]=c2ccccc2=C1.Cc1[c-][nH]cc1C.[Cl-].[Cl-].[Ti+4]. The number of rotatable bonds is 0. The van der Waals surface area contributed by atoms with Crippen LogP contribution in [0.5, 0.6) is 0 Å². The molecule has 2 aromatic rings. The Bertz CT molecular complexity index is 672. The molecule has 1 aliphatic rings. The predicted octanol–water partition coefficient (Wildman–Crippen LogP) is -3.09. The maximum absolute atomic E-state index is 3.36. The van der Waals surface area contributed by atoms with Gasteiger partial charge < -0.3 is 29.8 Å². The minimum atomic E-state index is 0. The maximum atomic E-state index is 3.36. The van der Waals surface area contributed by atoms with Crippen LogP contribution in [0.25, 0.3) is 12.2 Å². The van der Waals surface area contributed by atoms with Crippen molar-refractivity contribution in [3.8, 4) is 0 Å². The quantitative estimate of drug-likeness (QED) is 0.375. The number of H-pyrrole nitrogens is 1. The van der Waals surface area contributed by atoms with Gasteiger partial charge in [-0.3, -0.25) is 0 Å². The molecule has 0 aliphatic heterocycles. The molecule has 0 saturated heterocycles. The normalized spacial score (nSPS) is 10.3. The van der Waals surface area contributed by atoms with Gasteiger partial charge in [-0.1, -0.05) is 45.9 Å². The summed E-state index contributed by atoms with van der Waals surface area (Å²) in [6.07, 6.45) is 10.4. The van der Waals surface area contributed by atoms with Crippen molar-refractivity contribution < 1.29 is 46.5 Å². The zero-order valence-corrected chi connectivity index (χ0v) is 16.3. The monoisotopic (exact) mass is 367 g/mol. The van der Waals surface area contributed by atoms with E-state index in [2.05, 4.69) is 62.3 Å². The van der Waals surface area contributed by atoms with E-state index in [1.165, 1.54) is 32.7 Å². The number of fused-ring (bicyclic) bond motifs is 1. The Labute approximate surface area is 160 Å². The number of allylic oxidation sites excluding steroid dienone is 2. The fourth-order valence-corrected chi connectivity index (χ4v) is 1.80.